The van der Waals surface area contributed by atoms with Gasteiger partial charge in [-0.25, -0.2) is 0 Å². The molecule has 2 rings (SSSR count). The number of para-hydroxylation sites is 1. The van der Waals surface area contributed by atoms with Crippen LogP contribution in [0, 0.1) is 5.92 Å². The Hall–Kier alpha value is -1.28. The smallest absolute Gasteiger partial charge is 0.0536 e. The molecule has 0 aromatic heterocycles. The van der Waals surface area contributed by atoms with E-state index >= 15 is 0 Å². The van der Waals surface area contributed by atoms with Crippen LogP contribution >= 0.6 is 15.9 Å². The van der Waals surface area contributed by atoms with E-state index in [2.05, 4.69) is 83.6 Å². The molecule has 0 spiro atoms. The number of nitrogens with one attached hydrogen (secondary N) is 1. The summed E-state index contributed by atoms with van der Waals surface area (Å²) in [5.41, 5.74) is 2.48. The molecule has 2 heteroatoms. The average molecular weight is 304 g/mol. The van der Waals surface area contributed by atoms with E-state index in [1.54, 1.807) is 0 Å². The molecule has 2 aromatic carbocycles. The monoisotopic (exact) mass is 303 g/mol. The lowest BCUT2D eigenvalue weighted by molar-refractivity contribution is 0.546. The topological polar surface area (TPSA) is 12.0 Å². The van der Waals surface area contributed by atoms with E-state index in [0.717, 1.165) is 4.47 Å². The minimum absolute atomic E-state index is 0.334. The summed E-state index contributed by atoms with van der Waals surface area (Å²) in [6, 6.07) is 19.2. The van der Waals surface area contributed by atoms with Crippen LogP contribution in [0.4, 0.5) is 5.69 Å². The SMILES string of the molecule is CC(C)C(Nc1ccccc1)c1ccc(Br)cc1. The molecule has 0 amide bonds. The number of benzene rings is 2. The Morgan fingerprint density at radius 1 is 0.889 bits per heavy atom. The van der Waals surface area contributed by atoms with Crippen LogP contribution in [-0.2, 0) is 0 Å². The van der Waals surface area contributed by atoms with Crippen molar-refractivity contribution in [3.63, 3.8) is 0 Å². The largest absolute Gasteiger partial charge is 0.378 e. The summed E-state index contributed by atoms with van der Waals surface area (Å²) in [7, 11) is 0. The summed E-state index contributed by atoms with van der Waals surface area (Å²) in [5.74, 6) is 0.534. The van der Waals surface area contributed by atoms with E-state index in [-0.39, 0.29) is 0 Å². The summed E-state index contributed by atoms with van der Waals surface area (Å²) in [4.78, 5) is 0. The van der Waals surface area contributed by atoms with Gasteiger partial charge >= 0.3 is 0 Å². The molecule has 0 saturated heterocycles. The Balaban J connectivity index is 2.21. The van der Waals surface area contributed by atoms with Crippen molar-refractivity contribution in [2.24, 2.45) is 5.92 Å². The fourth-order valence-corrected chi connectivity index (χ4v) is 2.28. The van der Waals surface area contributed by atoms with Crippen LogP contribution in [0.2, 0.25) is 0 Å². The van der Waals surface area contributed by atoms with Crippen molar-refractivity contribution in [2.45, 2.75) is 19.9 Å². The second-order valence-corrected chi connectivity index (χ2v) is 5.70. The van der Waals surface area contributed by atoms with Crippen molar-refractivity contribution < 1.29 is 0 Å². The predicted molar refractivity (Wildman–Crippen MR) is 81.8 cm³/mol. The second-order valence-electron chi connectivity index (χ2n) is 4.78. The molecule has 1 nitrogen and oxygen atoms in total. The summed E-state index contributed by atoms with van der Waals surface area (Å²) in [6.45, 7) is 4.48. The zero-order valence-electron chi connectivity index (χ0n) is 10.7. The molecular formula is C16H18BrN. The molecule has 0 fully saturated rings. The van der Waals surface area contributed by atoms with Crippen LogP contribution in [0.3, 0.4) is 0 Å². The minimum atomic E-state index is 0.334. The van der Waals surface area contributed by atoms with Crippen molar-refractivity contribution in [3.05, 3.63) is 64.6 Å². The normalized spacial score (nSPS) is 12.4. The van der Waals surface area contributed by atoms with Gasteiger partial charge in [0, 0.05) is 10.2 Å². The van der Waals surface area contributed by atoms with Gasteiger partial charge in [-0.05, 0) is 35.7 Å². The molecule has 0 aliphatic carbocycles. The lowest BCUT2D eigenvalue weighted by atomic mass is 9.96. The van der Waals surface area contributed by atoms with Crippen LogP contribution < -0.4 is 5.32 Å². The Bertz CT molecular complexity index is 476. The van der Waals surface area contributed by atoms with Gasteiger partial charge in [0.05, 0.1) is 6.04 Å². The molecule has 1 atom stereocenters. The van der Waals surface area contributed by atoms with Gasteiger partial charge in [-0.2, -0.15) is 0 Å². The van der Waals surface area contributed by atoms with Crippen LogP contribution in [0.25, 0.3) is 0 Å². The van der Waals surface area contributed by atoms with E-state index in [9.17, 15) is 0 Å². The fourth-order valence-electron chi connectivity index (χ4n) is 2.02. The Morgan fingerprint density at radius 3 is 2.06 bits per heavy atom. The zero-order valence-corrected chi connectivity index (χ0v) is 12.3. The van der Waals surface area contributed by atoms with Gasteiger partial charge in [0.1, 0.15) is 0 Å². The van der Waals surface area contributed by atoms with Gasteiger partial charge in [0.15, 0.2) is 0 Å². The number of rotatable bonds is 4. The third-order valence-electron chi connectivity index (χ3n) is 2.99. The molecule has 2 aromatic rings. The van der Waals surface area contributed by atoms with E-state index < -0.39 is 0 Å². The molecule has 94 valence electrons. The number of anilines is 1. The molecule has 0 heterocycles. The molecular weight excluding hydrogens is 286 g/mol. The quantitative estimate of drug-likeness (QED) is 0.812. The van der Waals surface area contributed by atoms with Gasteiger partial charge in [-0.3, -0.25) is 0 Å². The first-order valence-electron chi connectivity index (χ1n) is 6.24. The van der Waals surface area contributed by atoms with E-state index in [1.165, 1.54) is 11.3 Å². The number of halogens is 1. The zero-order chi connectivity index (χ0) is 13.0. The fraction of sp³-hybridized carbons (Fsp3) is 0.250. The summed E-state index contributed by atoms with van der Waals surface area (Å²) < 4.78 is 1.12. The molecule has 0 saturated carbocycles. The maximum Gasteiger partial charge on any atom is 0.0536 e. The maximum absolute atomic E-state index is 3.60. The predicted octanol–water partition coefficient (Wildman–Crippen LogP) is 5.26. The molecule has 0 radical (unpaired) electrons. The first kappa shape index (κ1) is 13.2. The summed E-state index contributed by atoms with van der Waals surface area (Å²) in [5, 5.41) is 3.60. The molecule has 0 aliphatic heterocycles. The van der Waals surface area contributed by atoms with Crippen LogP contribution in [0.5, 0.6) is 0 Å². The lowest BCUT2D eigenvalue weighted by Gasteiger charge is -2.24. The minimum Gasteiger partial charge on any atom is -0.378 e. The van der Waals surface area contributed by atoms with E-state index in [0.29, 0.717) is 12.0 Å². The van der Waals surface area contributed by atoms with Crippen molar-refractivity contribution >= 4 is 21.6 Å². The Morgan fingerprint density at radius 2 is 1.50 bits per heavy atom. The molecule has 18 heavy (non-hydrogen) atoms. The summed E-state index contributed by atoms with van der Waals surface area (Å²) >= 11 is 3.48. The second kappa shape index (κ2) is 6.05. The number of hydrogen-bond donors (Lipinski definition) is 1. The maximum atomic E-state index is 3.60. The molecule has 1 unspecified atom stereocenters. The van der Waals surface area contributed by atoms with Crippen LogP contribution in [-0.4, -0.2) is 0 Å². The molecule has 1 N–H and O–H groups in total. The average Bonchev–Trinajstić information content (AvgIpc) is 2.38. The van der Waals surface area contributed by atoms with E-state index in [1.807, 2.05) is 6.07 Å². The van der Waals surface area contributed by atoms with Crippen molar-refractivity contribution in [3.8, 4) is 0 Å². The van der Waals surface area contributed by atoms with Gasteiger partial charge in [0.2, 0.25) is 0 Å². The first-order valence-corrected chi connectivity index (χ1v) is 7.03. The van der Waals surface area contributed by atoms with Gasteiger partial charge in [0.25, 0.3) is 0 Å². The lowest BCUT2D eigenvalue weighted by Crippen LogP contribution is -2.16. The van der Waals surface area contributed by atoms with Crippen molar-refractivity contribution in [1.29, 1.82) is 0 Å². The Kier molecular flexibility index (Phi) is 4.43. The third-order valence-corrected chi connectivity index (χ3v) is 3.52. The van der Waals surface area contributed by atoms with Gasteiger partial charge < -0.3 is 5.32 Å². The van der Waals surface area contributed by atoms with Gasteiger partial charge in [-0.15, -0.1) is 0 Å². The highest BCUT2D eigenvalue weighted by atomic mass is 79.9. The first-order chi connectivity index (χ1) is 8.66. The third kappa shape index (κ3) is 3.36. The van der Waals surface area contributed by atoms with Crippen molar-refractivity contribution in [1.82, 2.24) is 0 Å². The Labute approximate surface area is 117 Å². The highest BCUT2D eigenvalue weighted by Crippen LogP contribution is 2.27. The van der Waals surface area contributed by atoms with Gasteiger partial charge in [-0.1, -0.05) is 60.1 Å². The van der Waals surface area contributed by atoms with E-state index in [4.69, 9.17) is 0 Å². The molecule has 0 aliphatic rings. The van der Waals surface area contributed by atoms with Crippen molar-refractivity contribution in [2.75, 3.05) is 5.32 Å². The van der Waals surface area contributed by atoms with Crippen LogP contribution in [0.15, 0.2) is 59.1 Å². The van der Waals surface area contributed by atoms with Crippen LogP contribution in [0.1, 0.15) is 25.5 Å². The highest BCUT2D eigenvalue weighted by molar-refractivity contribution is 9.10. The number of hydrogen-bond acceptors (Lipinski definition) is 1. The standard InChI is InChI=1S/C16H18BrN/c1-12(2)16(13-8-10-14(17)11-9-13)18-15-6-4-3-5-7-15/h3-12,16,18H,1-2H3. The summed E-state index contributed by atoms with van der Waals surface area (Å²) in [6.07, 6.45) is 0. The molecule has 0 bridgehead atoms. The highest BCUT2D eigenvalue weighted by Gasteiger charge is 2.15.